The molecule has 0 aromatic heterocycles. The molecule has 19 heavy (non-hydrogen) atoms. The number of ether oxygens (including phenoxy) is 1. The Hall–Kier alpha value is -0.730. The van der Waals surface area contributed by atoms with Crippen LogP contribution in [0, 0.1) is 0 Å². The molecule has 1 aromatic rings. The first kappa shape index (κ1) is 14.7. The Bertz CT molecular complexity index is 386. The largest absolute Gasteiger partial charge is 0.490 e. The highest BCUT2D eigenvalue weighted by atomic mass is 35.5. The molecule has 0 unspecified atom stereocenters. The molecule has 1 N–H and O–H groups in total. The van der Waals surface area contributed by atoms with Crippen LogP contribution in [0.5, 0.6) is 5.75 Å². The number of nitrogens with one attached hydrogen (secondary N) is 1. The monoisotopic (exact) mass is 281 g/mol. The molecular weight excluding hydrogens is 258 g/mol. The summed E-state index contributed by atoms with van der Waals surface area (Å²) >= 11 is 6.30. The van der Waals surface area contributed by atoms with Gasteiger partial charge in [0.05, 0.1) is 6.10 Å². The van der Waals surface area contributed by atoms with Crippen LogP contribution in [-0.2, 0) is 6.54 Å². The molecule has 0 saturated heterocycles. The average Bonchev–Trinajstić information content (AvgIpc) is 2.67. The summed E-state index contributed by atoms with van der Waals surface area (Å²) in [6.45, 7) is 3.81. The molecule has 0 amide bonds. The number of rotatable bonds is 5. The Morgan fingerprint density at radius 2 is 1.95 bits per heavy atom. The summed E-state index contributed by atoms with van der Waals surface area (Å²) in [7, 11) is 0. The summed E-state index contributed by atoms with van der Waals surface area (Å²) in [5, 5.41) is 4.13. The third-order valence-electron chi connectivity index (χ3n) is 3.72. The van der Waals surface area contributed by atoms with Gasteiger partial charge in [-0.05, 0) is 44.4 Å². The Kier molecular flexibility index (Phi) is 5.99. The van der Waals surface area contributed by atoms with Gasteiger partial charge in [-0.15, -0.1) is 0 Å². The molecule has 0 bridgehead atoms. The van der Waals surface area contributed by atoms with Gasteiger partial charge in [-0.25, -0.2) is 0 Å². The highest BCUT2D eigenvalue weighted by Gasteiger charge is 2.16. The standard InChI is InChI=1S/C16H24ClNO/c1-2-18-12-14-15(17)10-7-11-16(14)19-13-8-5-3-4-6-9-13/h7,10-11,13,18H,2-6,8-9,12H2,1H3. The third kappa shape index (κ3) is 4.39. The number of benzene rings is 1. The van der Waals surface area contributed by atoms with Gasteiger partial charge in [0.25, 0.3) is 0 Å². The first-order chi connectivity index (χ1) is 9.31. The second-order valence-electron chi connectivity index (χ2n) is 5.23. The van der Waals surface area contributed by atoms with E-state index in [0.29, 0.717) is 6.10 Å². The summed E-state index contributed by atoms with van der Waals surface area (Å²) in [5.41, 5.74) is 1.09. The van der Waals surface area contributed by atoms with E-state index in [1.807, 2.05) is 18.2 Å². The Labute approximate surface area is 121 Å². The van der Waals surface area contributed by atoms with E-state index in [1.165, 1.54) is 38.5 Å². The summed E-state index contributed by atoms with van der Waals surface area (Å²) in [5.74, 6) is 0.959. The molecule has 1 fully saturated rings. The van der Waals surface area contributed by atoms with Crippen molar-refractivity contribution in [1.82, 2.24) is 5.32 Å². The molecule has 1 aliphatic rings. The number of halogens is 1. The van der Waals surface area contributed by atoms with Gasteiger partial charge < -0.3 is 10.1 Å². The molecule has 3 heteroatoms. The lowest BCUT2D eigenvalue weighted by Crippen LogP contribution is -2.18. The molecule has 1 aliphatic carbocycles. The van der Waals surface area contributed by atoms with Crippen molar-refractivity contribution in [2.45, 2.75) is 58.1 Å². The van der Waals surface area contributed by atoms with E-state index in [-0.39, 0.29) is 0 Å². The maximum Gasteiger partial charge on any atom is 0.125 e. The van der Waals surface area contributed by atoms with Gasteiger partial charge in [-0.2, -0.15) is 0 Å². The Morgan fingerprint density at radius 3 is 2.63 bits per heavy atom. The van der Waals surface area contributed by atoms with Crippen molar-refractivity contribution in [1.29, 1.82) is 0 Å². The van der Waals surface area contributed by atoms with E-state index in [1.54, 1.807) is 0 Å². The van der Waals surface area contributed by atoms with Crippen LogP contribution in [0.3, 0.4) is 0 Å². The van der Waals surface area contributed by atoms with Crippen LogP contribution in [0.2, 0.25) is 5.02 Å². The van der Waals surface area contributed by atoms with Crippen LogP contribution in [-0.4, -0.2) is 12.6 Å². The maximum absolute atomic E-state index is 6.30. The summed E-state index contributed by atoms with van der Waals surface area (Å²) in [4.78, 5) is 0. The minimum Gasteiger partial charge on any atom is -0.490 e. The molecule has 1 aromatic carbocycles. The minimum atomic E-state index is 0.362. The summed E-state index contributed by atoms with van der Waals surface area (Å²) in [6.07, 6.45) is 7.97. The fraction of sp³-hybridized carbons (Fsp3) is 0.625. The molecule has 106 valence electrons. The topological polar surface area (TPSA) is 21.3 Å². The van der Waals surface area contributed by atoms with Gasteiger partial charge in [0.15, 0.2) is 0 Å². The lowest BCUT2D eigenvalue weighted by Gasteiger charge is -2.20. The van der Waals surface area contributed by atoms with Crippen molar-refractivity contribution in [3.8, 4) is 5.75 Å². The lowest BCUT2D eigenvalue weighted by atomic mass is 10.1. The molecule has 0 radical (unpaired) electrons. The zero-order chi connectivity index (χ0) is 13.5. The van der Waals surface area contributed by atoms with Crippen molar-refractivity contribution in [3.63, 3.8) is 0 Å². The van der Waals surface area contributed by atoms with Gasteiger partial charge >= 0.3 is 0 Å². The van der Waals surface area contributed by atoms with Crippen LogP contribution in [0.1, 0.15) is 51.0 Å². The summed E-state index contributed by atoms with van der Waals surface area (Å²) < 4.78 is 6.22. The van der Waals surface area contributed by atoms with Gasteiger partial charge in [-0.1, -0.05) is 37.4 Å². The smallest absolute Gasteiger partial charge is 0.125 e. The van der Waals surface area contributed by atoms with E-state index in [0.717, 1.165) is 29.4 Å². The van der Waals surface area contributed by atoms with Crippen LogP contribution >= 0.6 is 11.6 Å². The predicted octanol–water partition coefficient (Wildman–Crippen LogP) is 4.55. The Morgan fingerprint density at radius 1 is 1.21 bits per heavy atom. The van der Waals surface area contributed by atoms with Gasteiger partial charge in [0, 0.05) is 17.1 Å². The molecule has 0 heterocycles. The summed E-state index contributed by atoms with van der Waals surface area (Å²) in [6, 6.07) is 5.96. The molecular formula is C16H24ClNO. The van der Waals surface area contributed by atoms with E-state index in [2.05, 4.69) is 12.2 Å². The first-order valence-corrected chi connectivity index (χ1v) is 7.84. The van der Waals surface area contributed by atoms with E-state index in [4.69, 9.17) is 16.3 Å². The fourth-order valence-corrected chi connectivity index (χ4v) is 2.84. The first-order valence-electron chi connectivity index (χ1n) is 7.46. The SMILES string of the molecule is CCNCc1c(Cl)cccc1OC1CCCCCC1. The van der Waals surface area contributed by atoms with Crippen LogP contribution in [0.25, 0.3) is 0 Å². The predicted molar refractivity (Wildman–Crippen MR) is 81.0 cm³/mol. The van der Waals surface area contributed by atoms with E-state index in [9.17, 15) is 0 Å². The third-order valence-corrected chi connectivity index (χ3v) is 4.08. The Balaban J connectivity index is 2.07. The van der Waals surface area contributed by atoms with Crippen LogP contribution in [0.4, 0.5) is 0 Å². The molecule has 0 aliphatic heterocycles. The maximum atomic E-state index is 6.30. The highest BCUT2D eigenvalue weighted by Crippen LogP contribution is 2.29. The second-order valence-corrected chi connectivity index (χ2v) is 5.64. The van der Waals surface area contributed by atoms with Crippen molar-refractivity contribution < 1.29 is 4.74 Å². The molecule has 0 atom stereocenters. The zero-order valence-corrected chi connectivity index (χ0v) is 12.5. The lowest BCUT2D eigenvalue weighted by molar-refractivity contribution is 0.181. The number of hydrogen-bond acceptors (Lipinski definition) is 2. The van der Waals surface area contributed by atoms with Crippen molar-refractivity contribution in [3.05, 3.63) is 28.8 Å². The van der Waals surface area contributed by atoms with Gasteiger partial charge in [-0.3, -0.25) is 0 Å². The fourth-order valence-electron chi connectivity index (χ4n) is 2.61. The quantitative estimate of drug-likeness (QED) is 0.800. The molecule has 2 rings (SSSR count). The number of hydrogen-bond donors (Lipinski definition) is 1. The minimum absolute atomic E-state index is 0.362. The van der Waals surface area contributed by atoms with Crippen molar-refractivity contribution >= 4 is 11.6 Å². The van der Waals surface area contributed by atoms with Crippen molar-refractivity contribution in [2.24, 2.45) is 0 Å². The van der Waals surface area contributed by atoms with E-state index < -0.39 is 0 Å². The molecule has 2 nitrogen and oxygen atoms in total. The molecule has 1 saturated carbocycles. The van der Waals surface area contributed by atoms with Crippen LogP contribution in [0.15, 0.2) is 18.2 Å². The second kappa shape index (κ2) is 7.76. The zero-order valence-electron chi connectivity index (χ0n) is 11.8. The highest BCUT2D eigenvalue weighted by molar-refractivity contribution is 6.31. The van der Waals surface area contributed by atoms with Crippen molar-refractivity contribution in [2.75, 3.05) is 6.54 Å². The van der Waals surface area contributed by atoms with Gasteiger partial charge in [0.2, 0.25) is 0 Å². The molecule has 0 spiro atoms. The van der Waals surface area contributed by atoms with E-state index >= 15 is 0 Å². The normalized spacial score (nSPS) is 17.2. The average molecular weight is 282 g/mol. The van der Waals surface area contributed by atoms with Gasteiger partial charge in [0.1, 0.15) is 5.75 Å². The van der Waals surface area contributed by atoms with Crippen LogP contribution < -0.4 is 10.1 Å².